The molecule has 0 aliphatic carbocycles. The van der Waals surface area contributed by atoms with Gasteiger partial charge in [-0.2, -0.15) is 0 Å². The fourth-order valence-electron chi connectivity index (χ4n) is 2.99. The molecular weight excluding hydrogens is 278 g/mol. The molecule has 3 heterocycles. The van der Waals surface area contributed by atoms with Crippen LogP contribution < -0.4 is 10.6 Å². The van der Waals surface area contributed by atoms with Gasteiger partial charge in [-0.15, -0.1) is 0 Å². The van der Waals surface area contributed by atoms with Crippen molar-refractivity contribution in [2.24, 2.45) is 0 Å². The minimum Gasteiger partial charge on any atom is -0.350 e. The molecule has 0 saturated carbocycles. The van der Waals surface area contributed by atoms with Gasteiger partial charge in [0.25, 0.3) is 0 Å². The Kier molecular flexibility index (Phi) is 4.48. The molecule has 6 nitrogen and oxygen atoms in total. The zero-order valence-corrected chi connectivity index (χ0v) is 12.5. The molecule has 1 amide bonds. The maximum absolute atomic E-state index is 12.4. The number of amides is 1. The summed E-state index contributed by atoms with van der Waals surface area (Å²) in [5, 5.41) is 6.59. The summed E-state index contributed by atoms with van der Waals surface area (Å²) in [6, 6.07) is 5.92. The number of pyridine rings is 1. The number of aromatic nitrogens is 3. The number of hydrogen-bond donors (Lipinski definition) is 3. The number of nitrogens with one attached hydrogen (secondary N) is 3. The molecule has 1 saturated heterocycles. The minimum absolute atomic E-state index is 0.00720. The lowest BCUT2D eigenvalue weighted by molar-refractivity contribution is -0.122. The Bertz CT molecular complexity index is 590. The van der Waals surface area contributed by atoms with Gasteiger partial charge in [-0.3, -0.25) is 9.78 Å². The summed E-state index contributed by atoms with van der Waals surface area (Å²) >= 11 is 0. The van der Waals surface area contributed by atoms with Crippen LogP contribution in [-0.4, -0.2) is 39.5 Å². The van der Waals surface area contributed by atoms with Gasteiger partial charge in [-0.1, -0.05) is 6.07 Å². The Hall–Kier alpha value is -2.21. The maximum atomic E-state index is 12.4. The van der Waals surface area contributed by atoms with Crippen molar-refractivity contribution < 1.29 is 4.79 Å². The Morgan fingerprint density at radius 3 is 2.77 bits per heavy atom. The molecule has 2 aromatic heterocycles. The summed E-state index contributed by atoms with van der Waals surface area (Å²) < 4.78 is 0. The molecule has 0 aromatic carbocycles. The van der Waals surface area contributed by atoms with E-state index in [9.17, 15) is 4.79 Å². The molecule has 3 rings (SSSR count). The van der Waals surface area contributed by atoms with Crippen molar-refractivity contribution in [3.05, 3.63) is 48.3 Å². The molecule has 0 bridgehead atoms. The molecule has 0 radical (unpaired) electrons. The number of H-pyrrole nitrogens is 1. The van der Waals surface area contributed by atoms with Crippen LogP contribution in [0.1, 0.15) is 24.4 Å². The van der Waals surface area contributed by atoms with Gasteiger partial charge in [0, 0.05) is 36.2 Å². The molecule has 1 aliphatic rings. The van der Waals surface area contributed by atoms with Crippen molar-refractivity contribution in [2.75, 3.05) is 13.1 Å². The van der Waals surface area contributed by atoms with Crippen LogP contribution in [0.4, 0.5) is 0 Å². The number of piperidine rings is 1. The van der Waals surface area contributed by atoms with E-state index in [4.69, 9.17) is 0 Å². The van der Waals surface area contributed by atoms with Gasteiger partial charge in [0.05, 0.1) is 6.42 Å². The highest BCUT2D eigenvalue weighted by Crippen LogP contribution is 2.23. The van der Waals surface area contributed by atoms with E-state index in [1.165, 1.54) is 0 Å². The van der Waals surface area contributed by atoms with Crippen molar-refractivity contribution in [1.82, 2.24) is 25.6 Å². The number of carbonyl (C=O) groups is 1. The third-order valence-corrected chi connectivity index (χ3v) is 4.09. The van der Waals surface area contributed by atoms with E-state index < -0.39 is 0 Å². The lowest BCUT2D eigenvalue weighted by Crippen LogP contribution is -2.56. The number of aromatic amines is 1. The van der Waals surface area contributed by atoms with E-state index in [1.54, 1.807) is 18.6 Å². The summed E-state index contributed by atoms with van der Waals surface area (Å²) in [6.45, 7) is 1.82. The fourth-order valence-corrected chi connectivity index (χ4v) is 2.99. The molecule has 2 aromatic rings. The van der Waals surface area contributed by atoms with Gasteiger partial charge >= 0.3 is 0 Å². The first-order chi connectivity index (χ1) is 10.8. The summed E-state index contributed by atoms with van der Waals surface area (Å²) in [7, 11) is 0. The Morgan fingerprint density at radius 2 is 2.09 bits per heavy atom. The van der Waals surface area contributed by atoms with Crippen molar-refractivity contribution in [3.8, 4) is 0 Å². The van der Waals surface area contributed by atoms with Crippen molar-refractivity contribution in [3.63, 3.8) is 0 Å². The second-order valence-electron chi connectivity index (χ2n) is 5.79. The first-order valence-electron chi connectivity index (χ1n) is 7.66. The van der Waals surface area contributed by atoms with Crippen LogP contribution in [0.15, 0.2) is 36.8 Å². The van der Waals surface area contributed by atoms with Crippen molar-refractivity contribution in [1.29, 1.82) is 0 Å². The Labute approximate surface area is 129 Å². The van der Waals surface area contributed by atoms with E-state index in [1.807, 2.05) is 18.2 Å². The minimum atomic E-state index is -0.219. The molecule has 1 fully saturated rings. The predicted octanol–water partition coefficient (Wildman–Crippen LogP) is 0.828. The standard InChI is InChI=1S/C16H21N5O/c22-15(11-14-19-9-10-20-14)21-16(4-7-17-8-5-16)12-13-3-1-2-6-18-13/h1-3,6,9-10,17H,4-5,7-8,11-12H2,(H,19,20)(H,21,22). The van der Waals surface area contributed by atoms with Crippen LogP contribution in [0.2, 0.25) is 0 Å². The van der Waals surface area contributed by atoms with E-state index in [-0.39, 0.29) is 17.9 Å². The molecule has 0 spiro atoms. The summed E-state index contributed by atoms with van der Waals surface area (Å²) in [5.74, 6) is 0.701. The largest absolute Gasteiger partial charge is 0.350 e. The number of imidazole rings is 1. The maximum Gasteiger partial charge on any atom is 0.228 e. The van der Waals surface area contributed by atoms with E-state index >= 15 is 0 Å². The zero-order chi connectivity index (χ0) is 15.3. The SMILES string of the molecule is O=C(Cc1ncc[nH]1)NC1(Cc2ccccn2)CCNCC1. The van der Waals surface area contributed by atoms with Crippen molar-refractivity contribution in [2.45, 2.75) is 31.2 Å². The second kappa shape index (κ2) is 6.70. The lowest BCUT2D eigenvalue weighted by Gasteiger charge is -2.38. The molecular formula is C16H21N5O. The van der Waals surface area contributed by atoms with E-state index in [0.29, 0.717) is 5.82 Å². The third kappa shape index (κ3) is 3.71. The summed E-state index contributed by atoms with van der Waals surface area (Å²) in [5.41, 5.74) is 0.797. The normalized spacial score (nSPS) is 17.1. The monoisotopic (exact) mass is 299 g/mol. The highest BCUT2D eigenvalue weighted by molar-refractivity contribution is 5.78. The van der Waals surface area contributed by atoms with Crippen LogP contribution in [0, 0.1) is 0 Å². The summed E-state index contributed by atoms with van der Waals surface area (Å²) in [6.07, 6.45) is 8.06. The van der Waals surface area contributed by atoms with Gasteiger partial charge in [0.2, 0.25) is 5.91 Å². The number of rotatable bonds is 5. The van der Waals surface area contributed by atoms with Gasteiger partial charge in [-0.25, -0.2) is 4.98 Å². The zero-order valence-electron chi connectivity index (χ0n) is 12.5. The van der Waals surface area contributed by atoms with Gasteiger partial charge in [0.1, 0.15) is 5.82 Å². The fraction of sp³-hybridized carbons (Fsp3) is 0.438. The smallest absolute Gasteiger partial charge is 0.228 e. The molecule has 0 unspecified atom stereocenters. The van der Waals surface area contributed by atoms with Crippen LogP contribution in [0.25, 0.3) is 0 Å². The predicted molar refractivity (Wildman–Crippen MR) is 83.2 cm³/mol. The first kappa shape index (κ1) is 14.7. The second-order valence-corrected chi connectivity index (χ2v) is 5.79. The molecule has 3 N–H and O–H groups in total. The summed E-state index contributed by atoms with van der Waals surface area (Å²) in [4.78, 5) is 23.9. The molecule has 0 atom stereocenters. The first-order valence-corrected chi connectivity index (χ1v) is 7.66. The van der Waals surface area contributed by atoms with Gasteiger partial charge in [-0.05, 0) is 38.1 Å². The average Bonchev–Trinajstić information content (AvgIpc) is 3.01. The molecule has 22 heavy (non-hydrogen) atoms. The average molecular weight is 299 g/mol. The van der Waals surface area contributed by atoms with Crippen LogP contribution in [0.5, 0.6) is 0 Å². The number of nitrogens with zero attached hydrogens (tertiary/aromatic N) is 2. The van der Waals surface area contributed by atoms with Crippen LogP contribution in [-0.2, 0) is 17.6 Å². The van der Waals surface area contributed by atoms with E-state index in [0.717, 1.165) is 38.0 Å². The van der Waals surface area contributed by atoms with Crippen LogP contribution in [0.3, 0.4) is 0 Å². The topological polar surface area (TPSA) is 82.7 Å². The van der Waals surface area contributed by atoms with Gasteiger partial charge < -0.3 is 15.6 Å². The Balaban J connectivity index is 1.70. The molecule has 1 aliphatic heterocycles. The van der Waals surface area contributed by atoms with Crippen LogP contribution >= 0.6 is 0 Å². The number of carbonyl (C=O) groups excluding carboxylic acids is 1. The molecule has 6 heteroatoms. The third-order valence-electron chi connectivity index (χ3n) is 4.09. The number of hydrogen-bond acceptors (Lipinski definition) is 4. The quantitative estimate of drug-likeness (QED) is 0.763. The van der Waals surface area contributed by atoms with E-state index in [2.05, 4.69) is 25.6 Å². The molecule has 116 valence electrons. The highest BCUT2D eigenvalue weighted by Gasteiger charge is 2.34. The van der Waals surface area contributed by atoms with Crippen molar-refractivity contribution >= 4 is 5.91 Å². The Morgan fingerprint density at radius 1 is 1.23 bits per heavy atom. The lowest BCUT2D eigenvalue weighted by atomic mass is 9.83. The highest BCUT2D eigenvalue weighted by atomic mass is 16.1. The van der Waals surface area contributed by atoms with Gasteiger partial charge in [0.15, 0.2) is 0 Å².